The fraction of sp³-hybridized carbons (Fsp3) is 0.231. The third-order valence-corrected chi connectivity index (χ3v) is 3.03. The zero-order valence-electron chi connectivity index (χ0n) is 10.9. The maximum atomic E-state index is 13.2. The van der Waals surface area contributed by atoms with Crippen LogP contribution in [0.5, 0.6) is 11.6 Å². The lowest BCUT2D eigenvalue weighted by Gasteiger charge is -2.10. The van der Waals surface area contributed by atoms with E-state index in [0.29, 0.717) is 22.6 Å². The third kappa shape index (κ3) is 3.35. The van der Waals surface area contributed by atoms with Crippen molar-refractivity contribution < 1.29 is 9.13 Å². The summed E-state index contributed by atoms with van der Waals surface area (Å²) in [5, 5.41) is 3.53. The number of halogens is 1. The maximum absolute atomic E-state index is 13.2. The van der Waals surface area contributed by atoms with Gasteiger partial charge in [-0.25, -0.2) is 9.37 Å². The predicted molar refractivity (Wildman–Crippen MR) is 74.6 cm³/mol. The van der Waals surface area contributed by atoms with Crippen molar-refractivity contribution in [1.29, 1.82) is 0 Å². The van der Waals surface area contributed by atoms with Crippen LogP contribution in [0, 0.1) is 12.7 Å². The number of anilines is 1. The highest BCUT2D eigenvalue weighted by atomic mass is 32.2. The molecule has 0 aliphatic rings. The molecule has 0 bridgehead atoms. The van der Waals surface area contributed by atoms with Gasteiger partial charge in [0.25, 0.3) is 0 Å². The van der Waals surface area contributed by atoms with Gasteiger partial charge in [-0.15, -0.1) is 0 Å². The van der Waals surface area contributed by atoms with Gasteiger partial charge in [-0.2, -0.15) is 4.98 Å². The number of nitrogens with one attached hydrogen (secondary N) is 1. The second-order valence-corrected chi connectivity index (χ2v) is 4.61. The lowest BCUT2D eigenvalue weighted by molar-refractivity contribution is 0.448. The Balaban J connectivity index is 2.34. The second kappa shape index (κ2) is 5.88. The summed E-state index contributed by atoms with van der Waals surface area (Å²) in [4.78, 5) is 8.47. The summed E-state index contributed by atoms with van der Waals surface area (Å²) in [5.74, 6) is 1.15. The van der Waals surface area contributed by atoms with Gasteiger partial charge in [0.2, 0.25) is 5.88 Å². The molecule has 0 unspecified atom stereocenters. The van der Waals surface area contributed by atoms with Crippen molar-refractivity contribution in [1.82, 2.24) is 9.97 Å². The van der Waals surface area contributed by atoms with Crippen LogP contribution in [-0.4, -0.2) is 23.3 Å². The van der Waals surface area contributed by atoms with Gasteiger partial charge in [0.1, 0.15) is 17.4 Å². The van der Waals surface area contributed by atoms with Crippen molar-refractivity contribution in [3.8, 4) is 11.6 Å². The second-order valence-electron chi connectivity index (χ2n) is 3.84. The molecule has 0 atom stereocenters. The molecule has 0 saturated heterocycles. The Hall–Kier alpha value is -1.82. The molecule has 0 aliphatic carbocycles. The standard InChI is InChI=1S/C13H14FN3OS/c1-8-4-5-9(14)6-10(8)18-12-7-11(15-2)16-13(17-12)19-3/h4-7H,1-3H3,(H,15,16,17). The summed E-state index contributed by atoms with van der Waals surface area (Å²) in [6, 6.07) is 6.08. The van der Waals surface area contributed by atoms with E-state index in [9.17, 15) is 4.39 Å². The molecule has 100 valence electrons. The fourth-order valence-corrected chi connectivity index (χ4v) is 1.84. The third-order valence-electron chi connectivity index (χ3n) is 2.49. The van der Waals surface area contributed by atoms with Crippen molar-refractivity contribution in [2.75, 3.05) is 18.6 Å². The first-order valence-corrected chi connectivity index (χ1v) is 6.89. The molecule has 1 aromatic heterocycles. The van der Waals surface area contributed by atoms with E-state index in [1.54, 1.807) is 19.2 Å². The van der Waals surface area contributed by atoms with Gasteiger partial charge in [-0.1, -0.05) is 17.8 Å². The Labute approximate surface area is 115 Å². The molecule has 6 heteroatoms. The SMILES string of the molecule is CNc1cc(Oc2cc(F)ccc2C)nc(SC)n1. The number of hydrogen-bond acceptors (Lipinski definition) is 5. The van der Waals surface area contributed by atoms with Crippen LogP contribution >= 0.6 is 11.8 Å². The number of benzene rings is 1. The van der Waals surface area contributed by atoms with Crippen molar-refractivity contribution in [3.63, 3.8) is 0 Å². The number of ether oxygens (including phenoxy) is 1. The first-order chi connectivity index (χ1) is 9.12. The zero-order chi connectivity index (χ0) is 13.8. The molecule has 0 aliphatic heterocycles. The first-order valence-electron chi connectivity index (χ1n) is 5.67. The van der Waals surface area contributed by atoms with Crippen LogP contribution in [0.1, 0.15) is 5.56 Å². The number of aryl methyl sites for hydroxylation is 1. The topological polar surface area (TPSA) is 47.0 Å². The Morgan fingerprint density at radius 3 is 2.74 bits per heavy atom. The van der Waals surface area contributed by atoms with Gasteiger partial charge in [0.15, 0.2) is 5.16 Å². The van der Waals surface area contributed by atoms with Gasteiger partial charge in [-0.05, 0) is 24.8 Å². The smallest absolute Gasteiger partial charge is 0.225 e. The molecule has 4 nitrogen and oxygen atoms in total. The molecular weight excluding hydrogens is 265 g/mol. The van der Waals surface area contributed by atoms with Gasteiger partial charge in [-0.3, -0.25) is 0 Å². The highest BCUT2D eigenvalue weighted by molar-refractivity contribution is 7.98. The largest absolute Gasteiger partial charge is 0.438 e. The van der Waals surface area contributed by atoms with Crippen LogP contribution < -0.4 is 10.1 Å². The fourth-order valence-electron chi connectivity index (χ4n) is 1.47. The molecule has 1 heterocycles. The van der Waals surface area contributed by atoms with Crippen molar-refractivity contribution >= 4 is 17.6 Å². The van der Waals surface area contributed by atoms with Crippen molar-refractivity contribution in [2.24, 2.45) is 0 Å². The van der Waals surface area contributed by atoms with Crippen molar-refractivity contribution in [2.45, 2.75) is 12.1 Å². The molecule has 0 radical (unpaired) electrons. The molecule has 0 fully saturated rings. The van der Waals surface area contributed by atoms with E-state index in [0.717, 1.165) is 5.56 Å². The molecule has 2 rings (SSSR count). The molecule has 1 aromatic carbocycles. The van der Waals surface area contributed by atoms with E-state index >= 15 is 0 Å². The average molecular weight is 279 g/mol. The van der Waals surface area contributed by atoms with E-state index < -0.39 is 0 Å². The minimum Gasteiger partial charge on any atom is -0.438 e. The Morgan fingerprint density at radius 2 is 2.05 bits per heavy atom. The van der Waals surface area contributed by atoms with E-state index in [-0.39, 0.29) is 5.82 Å². The number of nitrogens with zero attached hydrogens (tertiary/aromatic N) is 2. The lowest BCUT2D eigenvalue weighted by Crippen LogP contribution is -1.98. The average Bonchev–Trinajstić information content (AvgIpc) is 2.42. The lowest BCUT2D eigenvalue weighted by atomic mass is 10.2. The molecule has 19 heavy (non-hydrogen) atoms. The van der Waals surface area contributed by atoms with E-state index in [4.69, 9.17) is 4.74 Å². The summed E-state index contributed by atoms with van der Waals surface area (Å²) >= 11 is 1.41. The van der Waals surface area contributed by atoms with E-state index in [1.165, 1.54) is 23.9 Å². The number of aromatic nitrogens is 2. The Morgan fingerprint density at radius 1 is 1.26 bits per heavy atom. The molecule has 0 amide bonds. The van der Waals surface area contributed by atoms with Crippen LogP contribution in [0.15, 0.2) is 29.4 Å². The highest BCUT2D eigenvalue weighted by Gasteiger charge is 2.08. The van der Waals surface area contributed by atoms with Crippen LogP contribution in [0.2, 0.25) is 0 Å². The number of thioether (sulfide) groups is 1. The summed E-state index contributed by atoms with van der Waals surface area (Å²) in [7, 11) is 1.77. The zero-order valence-corrected chi connectivity index (χ0v) is 11.7. The molecule has 2 aromatic rings. The first kappa shape index (κ1) is 13.6. The number of rotatable bonds is 4. The predicted octanol–water partition coefficient (Wildman–Crippen LogP) is 3.48. The summed E-state index contributed by atoms with van der Waals surface area (Å²) < 4.78 is 18.8. The minimum absolute atomic E-state index is 0.339. The minimum atomic E-state index is -0.339. The molecular formula is C13H14FN3OS. The number of hydrogen-bond donors (Lipinski definition) is 1. The molecule has 0 saturated carbocycles. The monoisotopic (exact) mass is 279 g/mol. The van der Waals surface area contributed by atoms with E-state index in [2.05, 4.69) is 15.3 Å². The Kier molecular flexibility index (Phi) is 4.21. The van der Waals surface area contributed by atoms with Gasteiger partial charge in [0.05, 0.1) is 0 Å². The summed E-state index contributed by atoms with van der Waals surface area (Å²) in [6.45, 7) is 1.85. The quantitative estimate of drug-likeness (QED) is 0.686. The maximum Gasteiger partial charge on any atom is 0.225 e. The van der Waals surface area contributed by atoms with E-state index in [1.807, 2.05) is 13.2 Å². The van der Waals surface area contributed by atoms with Crippen molar-refractivity contribution in [3.05, 3.63) is 35.6 Å². The summed E-state index contributed by atoms with van der Waals surface area (Å²) in [5.41, 5.74) is 0.844. The van der Waals surface area contributed by atoms with Gasteiger partial charge >= 0.3 is 0 Å². The highest BCUT2D eigenvalue weighted by Crippen LogP contribution is 2.27. The van der Waals surface area contributed by atoms with Crippen LogP contribution in [0.25, 0.3) is 0 Å². The Bertz CT molecular complexity index is 570. The molecule has 1 N–H and O–H groups in total. The van der Waals surface area contributed by atoms with Crippen LogP contribution in [0.3, 0.4) is 0 Å². The van der Waals surface area contributed by atoms with Gasteiger partial charge < -0.3 is 10.1 Å². The van der Waals surface area contributed by atoms with Crippen LogP contribution in [-0.2, 0) is 0 Å². The van der Waals surface area contributed by atoms with Gasteiger partial charge in [0, 0.05) is 19.2 Å². The summed E-state index contributed by atoms with van der Waals surface area (Å²) in [6.07, 6.45) is 1.88. The van der Waals surface area contributed by atoms with Crippen LogP contribution in [0.4, 0.5) is 10.2 Å². The normalized spacial score (nSPS) is 10.3. The molecule has 0 spiro atoms.